The third kappa shape index (κ3) is 1.51. The first-order chi connectivity index (χ1) is 7.74. The van der Waals surface area contributed by atoms with Crippen molar-refractivity contribution in [3.63, 3.8) is 0 Å². The number of aliphatic hydroxyl groups is 2. The van der Waals surface area contributed by atoms with Crippen molar-refractivity contribution in [3.05, 3.63) is 47.5 Å². The molecule has 2 N–H and O–H groups in total. The van der Waals surface area contributed by atoms with Crippen molar-refractivity contribution in [1.29, 1.82) is 0 Å². The molecule has 0 bridgehead atoms. The van der Waals surface area contributed by atoms with E-state index in [9.17, 15) is 10.2 Å². The lowest BCUT2D eigenvalue weighted by molar-refractivity contribution is 0.0142. The molecule has 16 heavy (non-hydrogen) atoms. The second-order valence-electron chi connectivity index (χ2n) is 4.51. The first-order valence-corrected chi connectivity index (χ1v) is 5.61. The van der Waals surface area contributed by atoms with E-state index in [4.69, 9.17) is 0 Å². The molecule has 0 aromatic heterocycles. The van der Waals surface area contributed by atoms with Crippen LogP contribution in [-0.4, -0.2) is 22.4 Å². The van der Waals surface area contributed by atoms with Gasteiger partial charge in [-0.3, -0.25) is 0 Å². The van der Waals surface area contributed by atoms with Crippen LogP contribution in [0.5, 0.6) is 0 Å². The second-order valence-corrected chi connectivity index (χ2v) is 4.51. The Kier molecular flexibility index (Phi) is 2.20. The van der Waals surface area contributed by atoms with Gasteiger partial charge in [0.05, 0.1) is 12.2 Å². The van der Waals surface area contributed by atoms with Crippen molar-refractivity contribution < 1.29 is 10.2 Å². The van der Waals surface area contributed by atoms with E-state index in [1.807, 2.05) is 12.1 Å². The molecule has 3 rings (SSSR count). The van der Waals surface area contributed by atoms with Gasteiger partial charge in [-0.05, 0) is 21.9 Å². The summed E-state index contributed by atoms with van der Waals surface area (Å²) in [6, 6.07) is 12.4. The van der Waals surface area contributed by atoms with Gasteiger partial charge in [-0.2, -0.15) is 0 Å². The lowest BCUT2D eigenvalue weighted by atomic mass is 9.86. The fourth-order valence-corrected chi connectivity index (χ4v) is 2.44. The average Bonchev–Trinajstić information content (AvgIpc) is 2.28. The van der Waals surface area contributed by atoms with Gasteiger partial charge < -0.3 is 10.2 Å². The van der Waals surface area contributed by atoms with Crippen molar-refractivity contribution >= 4 is 10.8 Å². The van der Waals surface area contributed by atoms with Gasteiger partial charge in [-0.1, -0.05) is 36.4 Å². The summed E-state index contributed by atoms with van der Waals surface area (Å²) >= 11 is 0. The van der Waals surface area contributed by atoms with E-state index in [0.29, 0.717) is 12.8 Å². The molecule has 0 fully saturated rings. The van der Waals surface area contributed by atoms with E-state index in [2.05, 4.69) is 24.3 Å². The van der Waals surface area contributed by atoms with Crippen molar-refractivity contribution in [2.45, 2.75) is 25.0 Å². The number of aliphatic hydroxyl groups excluding tert-OH is 2. The first kappa shape index (κ1) is 9.82. The predicted molar refractivity (Wildman–Crippen MR) is 63.4 cm³/mol. The van der Waals surface area contributed by atoms with Crippen molar-refractivity contribution in [2.24, 2.45) is 0 Å². The Morgan fingerprint density at radius 2 is 1.25 bits per heavy atom. The topological polar surface area (TPSA) is 40.5 Å². The van der Waals surface area contributed by atoms with E-state index >= 15 is 0 Å². The van der Waals surface area contributed by atoms with Gasteiger partial charge in [-0.25, -0.2) is 0 Å². The SMILES string of the molecule is OC1Cc2cc3ccccc3cc2CC1O. The van der Waals surface area contributed by atoms with Gasteiger partial charge in [0.2, 0.25) is 0 Å². The fraction of sp³-hybridized carbons (Fsp3) is 0.286. The molecule has 2 heteroatoms. The van der Waals surface area contributed by atoms with Gasteiger partial charge in [0.15, 0.2) is 0 Å². The summed E-state index contributed by atoms with van der Waals surface area (Å²) in [6.45, 7) is 0. The Morgan fingerprint density at radius 1 is 0.812 bits per heavy atom. The second kappa shape index (κ2) is 3.58. The maximum Gasteiger partial charge on any atom is 0.0842 e. The quantitative estimate of drug-likeness (QED) is 0.700. The van der Waals surface area contributed by atoms with E-state index in [1.54, 1.807) is 0 Å². The number of fused-ring (bicyclic) bond motifs is 2. The summed E-state index contributed by atoms with van der Waals surface area (Å²) in [5, 5.41) is 21.7. The maximum atomic E-state index is 9.65. The molecular weight excluding hydrogens is 200 g/mol. The van der Waals surface area contributed by atoms with Crippen LogP contribution in [0, 0.1) is 0 Å². The molecule has 0 spiro atoms. The molecule has 0 saturated heterocycles. The fourth-order valence-electron chi connectivity index (χ4n) is 2.44. The zero-order valence-electron chi connectivity index (χ0n) is 8.93. The van der Waals surface area contributed by atoms with Crippen LogP contribution in [-0.2, 0) is 12.8 Å². The highest BCUT2D eigenvalue weighted by Crippen LogP contribution is 2.26. The van der Waals surface area contributed by atoms with Crippen molar-refractivity contribution in [3.8, 4) is 0 Å². The lowest BCUT2D eigenvalue weighted by Crippen LogP contribution is -2.34. The van der Waals surface area contributed by atoms with Crippen LogP contribution in [0.3, 0.4) is 0 Å². The highest BCUT2D eigenvalue weighted by atomic mass is 16.3. The van der Waals surface area contributed by atoms with Gasteiger partial charge in [0.25, 0.3) is 0 Å². The minimum atomic E-state index is -0.617. The maximum absolute atomic E-state index is 9.65. The standard InChI is InChI=1S/C14H14O2/c15-13-7-11-5-9-3-1-2-4-10(9)6-12(11)8-14(13)16/h1-6,13-16H,7-8H2. The van der Waals surface area contributed by atoms with Gasteiger partial charge >= 0.3 is 0 Å². The minimum absolute atomic E-state index is 0.557. The molecule has 1 aliphatic carbocycles. The summed E-state index contributed by atoms with van der Waals surface area (Å²) in [4.78, 5) is 0. The summed E-state index contributed by atoms with van der Waals surface area (Å²) < 4.78 is 0. The molecule has 2 nitrogen and oxygen atoms in total. The number of rotatable bonds is 0. The predicted octanol–water partition coefficient (Wildman–Crippen LogP) is 1.66. The van der Waals surface area contributed by atoms with Crippen molar-refractivity contribution in [2.75, 3.05) is 0 Å². The van der Waals surface area contributed by atoms with E-state index in [0.717, 1.165) is 11.1 Å². The van der Waals surface area contributed by atoms with Gasteiger partial charge in [-0.15, -0.1) is 0 Å². The van der Waals surface area contributed by atoms with Crippen LogP contribution in [0.15, 0.2) is 36.4 Å². The van der Waals surface area contributed by atoms with Crippen LogP contribution in [0.1, 0.15) is 11.1 Å². The molecule has 0 radical (unpaired) electrons. The molecule has 82 valence electrons. The summed E-state index contributed by atoms with van der Waals surface area (Å²) in [5.74, 6) is 0. The molecule has 0 saturated carbocycles. The third-order valence-corrected chi connectivity index (χ3v) is 3.37. The smallest absolute Gasteiger partial charge is 0.0842 e. The van der Waals surface area contributed by atoms with Crippen LogP contribution < -0.4 is 0 Å². The molecule has 2 unspecified atom stereocenters. The molecule has 2 atom stereocenters. The Bertz CT molecular complexity index is 485. The zero-order chi connectivity index (χ0) is 11.1. The Labute approximate surface area is 94.2 Å². The summed E-state index contributed by atoms with van der Waals surface area (Å²) in [6.07, 6.45) is -0.120. The van der Waals surface area contributed by atoms with Crippen LogP contribution in [0.25, 0.3) is 10.8 Å². The number of benzene rings is 2. The lowest BCUT2D eigenvalue weighted by Gasteiger charge is -2.26. The highest BCUT2D eigenvalue weighted by molar-refractivity contribution is 5.84. The van der Waals surface area contributed by atoms with Gasteiger partial charge in [0, 0.05) is 12.8 Å². The third-order valence-electron chi connectivity index (χ3n) is 3.37. The molecule has 2 aromatic rings. The number of hydrogen-bond acceptors (Lipinski definition) is 2. The Morgan fingerprint density at radius 3 is 1.69 bits per heavy atom. The molecule has 0 aliphatic heterocycles. The molecular formula is C14H14O2. The van der Waals surface area contributed by atoms with E-state index in [1.165, 1.54) is 10.8 Å². The number of hydrogen-bond donors (Lipinski definition) is 2. The van der Waals surface area contributed by atoms with Crippen LogP contribution >= 0.6 is 0 Å². The minimum Gasteiger partial charge on any atom is -0.390 e. The average molecular weight is 214 g/mol. The summed E-state index contributed by atoms with van der Waals surface area (Å²) in [5.41, 5.74) is 2.33. The van der Waals surface area contributed by atoms with Gasteiger partial charge in [0.1, 0.15) is 0 Å². The molecule has 2 aromatic carbocycles. The first-order valence-electron chi connectivity index (χ1n) is 5.61. The van der Waals surface area contributed by atoms with E-state index in [-0.39, 0.29) is 0 Å². The van der Waals surface area contributed by atoms with Crippen LogP contribution in [0.2, 0.25) is 0 Å². The molecule has 1 aliphatic rings. The monoisotopic (exact) mass is 214 g/mol. The zero-order valence-corrected chi connectivity index (χ0v) is 8.93. The van der Waals surface area contributed by atoms with Crippen molar-refractivity contribution in [1.82, 2.24) is 0 Å². The summed E-state index contributed by atoms with van der Waals surface area (Å²) in [7, 11) is 0. The largest absolute Gasteiger partial charge is 0.390 e. The van der Waals surface area contributed by atoms with Crippen LogP contribution in [0.4, 0.5) is 0 Å². The molecule has 0 heterocycles. The molecule has 0 amide bonds. The Hall–Kier alpha value is -1.38. The normalized spacial score (nSPS) is 24.4. The van der Waals surface area contributed by atoms with E-state index < -0.39 is 12.2 Å². The Balaban J connectivity index is 2.17. The highest BCUT2D eigenvalue weighted by Gasteiger charge is 2.24.